The molecule has 6 rings (SSSR count). The summed E-state index contributed by atoms with van der Waals surface area (Å²) in [6.45, 7) is 5.08. The molecule has 1 saturated heterocycles. The number of nitrogens with zero attached hydrogens (tertiary/aromatic N) is 2. The zero-order valence-corrected chi connectivity index (χ0v) is 23.1. The van der Waals surface area contributed by atoms with Gasteiger partial charge in [-0.3, -0.25) is 14.5 Å². The average molecular weight is 589 g/mol. The van der Waals surface area contributed by atoms with Crippen molar-refractivity contribution >= 4 is 32.8 Å². The van der Waals surface area contributed by atoms with Gasteiger partial charge in [0.1, 0.15) is 17.9 Å². The lowest BCUT2D eigenvalue weighted by Gasteiger charge is -2.29. The van der Waals surface area contributed by atoms with Crippen LogP contribution in [0.5, 0.6) is 5.75 Å². The lowest BCUT2D eigenvalue weighted by Crippen LogP contribution is -2.38. The van der Waals surface area contributed by atoms with Crippen molar-refractivity contribution in [1.29, 1.82) is 0 Å². The van der Waals surface area contributed by atoms with Crippen molar-refractivity contribution < 1.29 is 18.7 Å². The van der Waals surface area contributed by atoms with Crippen molar-refractivity contribution in [2.45, 2.75) is 19.1 Å². The normalized spacial score (nSPS) is 17.5. The third kappa shape index (κ3) is 5.37. The molecule has 1 fully saturated rings. The number of carbonyl (C=O) groups excluding carboxylic acids is 1. The summed E-state index contributed by atoms with van der Waals surface area (Å²) in [6, 6.07) is 22.4. The Morgan fingerprint density at radius 3 is 2.46 bits per heavy atom. The summed E-state index contributed by atoms with van der Waals surface area (Å²) < 4.78 is 18.3. The highest BCUT2D eigenvalue weighted by molar-refractivity contribution is 9.10. The van der Waals surface area contributed by atoms with E-state index in [9.17, 15) is 9.59 Å². The van der Waals surface area contributed by atoms with Crippen LogP contribution in [0.3, 0.4) is 0 Å². The van der Waals surface area contributed by atoms with Crippen molar-refractivity contribution in [3.63, 3.8) is 0 Å². The van der Waals surface area contributed by atoms with Crippen LogP contribution in [0.4, 0.5) is 0 Å². The van der Waals surface area contributed by atoms with Crippen LogP contribution < -0.4 is 10.2 Å². The summed E-state index contributed by atoms with van der Waals surface area (Å²) in [5.41, 5.74) is 2.57. The SMILES string of the molecule is O=C1c2oc3ccc(Br)cc3c(=O)c2C(c2ccc(OCc3ccccc3)cc2)N1CCCN1CCOCC1. The van der Waals surface area contributed by atoms with Crippen LogP contribution in [0.15, 0.2) is 86.5 Å². The van der Waals surface area contributed by atoms with Crippen LogP contribution in [0, 0.1) is 0 Å². The van der Waals surface area contributed by atoms with Gasteiger partial charge in [0.25, 0.3) is 5.91 Å². The van der Waals surface area contributed by atoms with Crippen LogP contribution in [-0.4, -0.2) is 55.1 Å². The molecule has 0 radical (unpaired) electrons. The Balaban J connectivity index is 1.31. The average Bonchev–Trinajstić information content (AvgIpc) is 3.25. The Bertz CT molecular complexity index is 1530. The number of ether oxygens (including phenoxy) is 2. The van der Waals surface area contributed by atoms with E-state index < -0.39 is 6.04 Å². The predicted octanol–water partition coefficient (Wildman–Crippen LogP) is 5.40. The first-order chi connectivity index (χ1) is 19.1. The molecule has 0 saturated carbocycles. The Kier molecular flexibility index (Phi) is 7.50. The monoisotopic (exact) mass is 588 g/mol. The highest BCUT2D eigenvalue weighted by Gasteiger charge is 2.42. The molecular formula is C31H29BrN2O5. The molecule has 2 aliphatic heterocycles. The third-order valence-corrected chi connectivity index (χ3v) is 7.84. The van der Waals surface area contributed by atoms with Crippen molar-refractivity contribution in [2.24, 2.45) is 0 Å². The van der Waals surface area contributed by atoms with Gasteiger partial charge in [-0.15, -0.1) is 0 Å². The van der Waals surface area contributed by atoms with Gasteiger partial charge >= 0.3 is 0 Å². The first kappa shape index (κ1) is 25.8. The fraction of sp³-hybridized carbons (Fsp3) is 0.290. The molecule has 8 heteroatoms. The number of halogens is 1. The van der Waals surface area contributed by atoms with Crippen molar-refractivity contribution in [3.05, 3.63) is 110 Å². The molecule has 3 aromatic carbocycles. The van der Waals surface area contributed by atoms with Crippen LogP contribution in [0.2, 0.25) is 0 Å². The van der Waals surface area contributed by atoms with Gasteiger partial charge < -0.3 is 18.8 Å². The molecule has 0 bridgehead atoms. The molecule has 4 aromatic rings. The Morgan fingerprint density at radius 2 is 1.69 bits per heavy atom. The van der Waals surface area contributed by atoms with Gasteiger partial charge in [0.2, 0.25) is 5.76 Å². The highest BCUT2D eigenvalue weighted by Crippen LogP contribution is 2.39. The molecule has 200 valence electrons. The molecule has 7 nitrogen and oxygen atoms in total. The lowest BCUT2D eigenvalue weighted by molar-refractivity contribution is 0.0353. The maximum absolute atomic E-state index is 13.8. The van der Waals surface area contributed by atoms with Gasteiger partial charge in [-0.1, -0.05) is 58.4 Å². The fourth-order valence-corrected chi connectivity index (χ4v) is 5.71. The molecule has 0 spiro atoms. The van der Waals surface area contributed by atoms with E-state index in [0.717, 1.165) is 60.6 Å². The first-order valence-electron chi connectivity index (χ1n) is 13.2. The Hall–Kier alpha value is -3.46. The van der Waals surface area contributed by atoms with Crippen LogP contribution in [-0.2, 0) is 11.3 Å². The molecule has 1 aromatic heterocycles. The maximum Gasteiger partial charge on any atom is 0.290 e. The molecule has 0 N–H and O–H groups in total. The van der Waals surface area contributed by atoms with Crippen LogP contribution in [0.25, 0.3) is 11.0 Å². The maximum atomic E-state index is 13.8. The Labute approximate surface area is 235 Å². The first-order valence-corrected chi connectivity index (χ1v) is 14.0. The molecule has 1 amide bonds. The summed E-state index contributed by atoms with van der Waals surface area (Å²) in [4.78, 5) is 31.6. The molecule has 1 atom stereocenters. The second-order valence-electron chi connectivity index (χ2n) is 9.87. The van der Waals surface area contributed by atoms with Gasteiger partial charge in [-0.05, 0) is 47.9 Å². The summed E-state index contributed by atoms with van der Waals surface area (Å²) in [6.07, 6.45) is 0.785. The number of fused-ring (bicyclic) bond motifs is 2. The zero-order valence-electron chi connectivity index (χ0n) is 21.5. The fourth-order valence-electron chi connectivity index (χ4n) is 5.35. The van der Waals surface area contributed by atoms with E-state index in [1.165, 1.54) is 0 Å². The third-order valence-electron chi connectivity index (χ3n) is 7.35. The second kappa shape index (κ2) is 11.3. The summed E-state index contributed by atoms with van der Waals surface area (Å²) >= 11 is 3.46. The van der Waals surface area contributed by atoms with E-state index in [1.807, 2.05) is 60.7 Å². The lowest BCUT2D eigenvalue weighted by atomic mass is 9.98. The van der Waals surface area contributed by atoms with E-state index in [1.54, 1.807) is 17.0 Å². The van der Waals surface area contributed by atoms with E-state index in [0.29, 0.717) is 29.7 Å². The van der Waals surface area contributed by atoms with E-state index in [2.05, 4.69) is 20.8 Å². The van der Waals surface area contributed by atoms with Crippen molar-refractivity contribution in [1.82, 2.24) is 9.80 Å². The number of hydrogen-bond donors (Lipinski definition) is 0. The van der Waals surface area contributed by atoms with Crippen LogP contribution >= 0.6 is 15.9 Å². The molecule has 3 heterocycles. The van der Waals surface area contributed by atoms with Gasteiger partial charge in [-0.2, -0.15) is 0 Å². The quantitative estimate of drug-likeness (QED) is 0.274. The number of benzene rings is 3. The summed E-state index contributed by atoms with van der Waals surface area (Å²) in [7, 11) is 0. The zero-order chi connectivity index (χ0) is 26.8. The standard InChI is InChI=1S/C31H29BrN2O5/c32-23-9-12-26-25(19-23)29(35)27-28(22-7-10-24(11-8-22)38-20-21-5-2-1-3-6-21)34(31(36)30(27)39-26)14-4-13-33-15-17-37-18-16-33/h1-3,5-12,19,28H,4,13-18,20H2. The molecule has 2 aliphatic rings. The predicted molar refractivity (Wildman–Crippen MR) is 152 cm³/mol. The minimum absolute atomic E-state index is 0.135. The number of carbonyl (C=O) groups is 1. The number of rotatable bonds is 8. The Morgan fingerprint density at radius 1 is 0.923 bits per heavy atom. The number of amides is 1. The van der Waals surface area contributed by atoms with Crippen LogP contribution in [0.1, 0.15) is 39.7 Å². The minimum Gasteiger partial charge on any atom is -0.489 e. The minimum atomic E-state index is -0.528. The summed E-state index contributed by atoms with van der Waals surface area (Å²) in [5, 5.41) is 0.457. The molecule has 1 unspecified atom stereocenters. The highest BCUT2D eigenvalue weighted by atomic mass is 79.9. The number of hydrogen-bond acceptors (Lipinski definition) is 6. The summed E-state index contributed by atoms with van der Waals surface area (Å²) in [5.74, 6) is 0.611. The molecule has 0 aliphatic carbocycles. The second-order valence-corrected chi connectivity index (χ2v) is 10.8. The van der Waals surface area contributed by atoms with Gasteiger partial charge in [0, 0.05) is 30.7 Å². The largest absolute Gasteiger partial charge is 0.489 e. The van der Waals surface area contributed by atoms with Gasteiger partial charge in [-0.25, -0.2) is 0 Å². The smallest absolute Gasteiger partial charge is 0.290 e. The van der Waals surface area contributed by atoms with Crippen molar-refractivity contribution in [2.75, 3.05) is 39.4 Å². The van der Waals surface area contributed by atoms with E-state index in [4.69, 9.17) is 13.9 Å². The van der Waals surface area contributed by atoms with Crippen molar-refractivity contribution in [3.8, 4) is 5.75 Å². The van der Waals surface area contributed by atoms with E-state index in [-0.39, 0.29) is 17.1 Å². The van der Waals surface area contributed by atoms with Gasteiger partial charge in [0.15, 0.2) is 5.43 Å². The molecule has 39 heavy (non-hydrogen) atoms. The molecular weight excluding hydrogens is 560 g/mol. The topological polar surface area (TPSA) is 72.2 Å². The number of morpholine rings is 1. The van der Waals surface area contributed by atoms with Gasteiger partial charge in [0.05, 0.1) is 30.2 Å². The van der Waals surface area contributed by atoms with E-state index >= 15 is 0 Å².